The Balaban J connectivity index is 2.32. The average molecular weight is 180 g/mol. The average Bonchev–Trinajstić information content (AvgIpc) is 2.15. The van der Waals surface area contributed by atoms with Crippen LogP contribution >= 0.6 is 0 Å². The van der Waals surface area contributed by atoms with Crippen LogP contribution < -0.4 is 5.32 Å². The van der Waals surface area contributed by atoms with Crippen molar-refractivity contribution >= 4 is 0 Å². The van der Waals surface area contributed by atoms with Gasteiger partial charge in [-0.2, -0.15) is 0 Å². The summed E-state index contributed by atoms with van der Waals surface area (Å²) in [6, 6.07) is 2.02. The van der Waals surface area contributed by atoms with Crippen molar-refractivity contribution in [2.75, 3.05) is 13.2 Å². The monoisotopic (exact) mass is 180 g/mol. The van der Waals surface area contributed by atoms with Crippen molar-refractivity contribution in [1.82, 2.24) is 10.3 Å². The number of nitrogens with zero attached hydrogens (tertiary/aromatic N) is 1. The smallest absolute Gasteiger partial charge is 0.0443 e. The number of aliphatic hydroxyl groups is 1. The summed E-state index contributed by atoms with van der Waals surface area (Å²) >= 11 is 0. The van der Waals surface area contributed by atoms with Gasteiger partial charge in [0, 0.05) is 25.5 Å². The second-order valence-corrected chi connectivity index (χ2v) is 3.06. The standard InChI is InChI=1S/C10H16N2O/c1-9-7-12-5-3-10(9)8-11-4-2-6-13/h3,5,7,11,13H,2,4,6,8H2,1H3. The van der Waals surface area contributed by atoms with Gasteiger partial charge < -0.3 is 10.4 Å². The minimum Gasteiger partial charge on any atom is -0.396 e. The van der Waals surface area contributed by atoms with Gasteiger partial charge in [-0.25, -0.2) is 0 Å². The van der Waals surface area contributed by atoms with E-state index in [-0.39, 0.29) is 6.61 Å². The zero-order valence-corrected chi connectivity index (χ0v) is 7.95. The minimum absolute atomic E-state index is 0.252. The van der Waals surface area contributed by atoms with Crippen molar-refractivity contribution in [2.24, 2.45) is 0 Å². The summed E-state index contributed by atoms with van der Waals surface area (Å²) in [5.41, 5.74) is 2.48. The van der Waals surface area contributed by atoms with Gasteiger partial charge in [0.25, 0.3) is 0 Å². The second-order valence-electron chi connectivity index (χ2n) is 3.06. The molecule has 1 heterocycles. The zero-order chi connectivity index (χ0) is 9.52. The molecule has 0 saturated carbocycles. The molecule has 0 aliphatic heterocycles. The number of hydrogen-bond acceptors (Lipinski definition) is 3. The topological polar surface area (TPSA) is 45.2 Å². The molecule has 0 aromatic carbocycles. The highest BCUT2D eigenvalue weighted by molar-refractivity contribution is 5.20. The summed E-state index contributed by atoms with van der Waals surface area (Å²) in [7, 11) is 0. The Bertz CT molecular complexity index is 250. The molecule has 0 saturated heterocycles. The van der Waals surface area contributed by atoms with Gasteiger partial charge in [-0.3, -0.25) is 4.98 Å². The number of nitrogens with one attached hydrogen (secondary N) is 1. The van der Waals surface area contributed by atoms with Gasteiger partial charge in [0.15, 0.2) is 0 Å². The van der Waals surface area contributed by atoms with Crippen LogP contribution in [-0.4, -0.2) is 23.2 Å². The normalized spacial score (nSPS) is 10.3. The van der Waals surface area contributed by atoms with Crippen LogP contribution in [-0.2, 0) is 6.54 Å². The lowest BCUT2D eigenvalue weighted by Crippen LogP contribution is -2.16. The Morgan fingerprint density at radius 1 is 1.54 bits per heavy atom. The van der Waals surface area contributed by atoms with E-state index in [0.29, 0.717) is 0 Å². The van der Waals surface area contributed by atoms with Crippen LogP contribution in [0.25, 0.3) is 0 Å². The molecular weight excluding hydrogens is 164 g/mol. The molecule has 0 unspecified atom stereocenters. The summed E-state index contributed by atoms with van der Waals surface area (Å²) in [5, 5.41) is 11.8. The lowest BCUT2D eigenvalue weighted by molar-refractivity contribution is 0.286. The van der Waals surface area contributed by atoms with Gasteiger partial charge in [-0.1, -0.05) is 0 Å². The predicted molar refractivity (Wildman–Crippen MR) is 52.4 cm³/mol. The van der Waals surface area contributed by atoms with Crippen LogP contribution in [0.4, 0.5) is 0 Å². The van der Waals surface area contributed by atoms with E-state index in [0.717, 1.165) is 19.5 Å². The van der Waals surface area contributed by atoms with Gasteiger partial charge in [-0.15, -0.1) is 0 Å². The first kappa shape index (κ1) is 10.2. The maximum atomic E-state index is 8.57. The van der Waals surface area contributed by atoms with Crippen molar-refractivity contribution in [2.45, 2.75) is 19.9 Å². The zero-order valence-electron chi connectivity index (χ0n) is 7.95. The molecule has 3 nitrogen and oxygen atoms in total. The van der Waals surface area contributed by atoms with Crippen LogP contribution in [0.5, 0.6) is 0 Å². The van der Waals surface area contributed by atoms with E-state index in [1.807, 2.05) is 12.3 Å². The van der Waals surface area contributed by atoms with Crippen LogP contribution in [0.1, 0.15) is 17.5 Å². The maximum absolute atomic E-state index is 8.57. The quantitative estimate of drug-likeness (QED) is 0.661. The van der Waals surface area contributed by atoms with E-state index in [4.69, 9.17) is 5.11 Å². The van der Waals surface area contributed by atoms with Crippen LogP contribution in [0.3, 0.4) is 0 Å². The highest BCUT2D eigenvalue weighted by Gasteiger charge is 1.95. The third-order valence-corrected chi connectivity index (χ3v) is 1.96. The minimum atomic E-state index is 0.252. The number of rotatable bonds is 5. The predicted octanol–water partition coefficient (Wildman–Crippen LogP) is 0.862. The number of aliphatic hydroxyl groups excluding tert-OH is 1. The Labute approximate surface area is 78.8 Å². The molecule has 72 valence electrons. The van der Waals surface area contributed by atoms with E-state index in [9.17, 15) is 0 Å². The van der Waals surface area contributed by atoms with E-state index in [1.54, 1.807) is 6.20 Å². The lowest BCUT2D eigenvalue weighted by atomic mass is 10.1. The van der Waals surface area contributed by atoms with E-state index < -0.39 is 0 Å². The van der Waals surface area contributed by atoms with Crippen molar-refractivity contribution in [3.63, 3.8) is 0 Å². The summed E-state index contributed by atoms with van der Waals surface area (Å²) in [4.78, 5) is 4.02. The van der Waals surface area contributed by atoms with E-state index in [1.165, 1.54) is 11.1 Å². The molecule has 0 radical (unpaired) electrons. The van der Waals surface area contributed by atoms with Crippen LogP contribution in [0.15, 0.2) is 18.5 Å². The van der Waals surface area contributed by atoms with Gasteiger partial charge in [0.05, 0.1) is 0 Å². The molecule has 1 aromatic rings. The fraction of sp³-hybridized carbons (Fsp3) is 0.500. The Kier molecular flexibility index (Phi) is 4.43. The number of aromatic nitrogens is 1. The third kappa shape index (κ3) is 3.53. The molecule has 0 aliphatic rings. The Morgan fingerprint density at radius 3 is 3.08 bits per heavy atom. The molecule has 0 aliphatic carbocycles. The maximum Gasteiger partial charge on any atom is 0.0443 e. The molecule has 13 heavy (non-hydrogen) atoms. The fourth-order valence-corrected chi connectivity index (χ4v) is 1.13. The summed E-state index contributed by atoms with van der Waals surface area (Å²) < 4.78 is 0. The highest BCUT2D eigenvalue weighted by atomic mass is 16.3. The lowest BCUT2D eigenvalue weighted by Gasteiger charge is -2.05. The molecule has 1 rings (SSSR count). The van der Waals surface area contributed by atoms with Gasteiger partial charge in [0.2, 0.25) is 0 Å². The fourth-order valence-electron chi connectivity index (χ4n) is 1.13. The molecular formula is C10H16N2O. The van der Waals surface area contributed by atoms with Crippen LogP contribution in [0.2, 0.25) is 0 Å². The molecule has 3 heteroatoms. The third-order valence-electron chi connectivity index (χ3n) is 1.96. The van der Waals surface area contributed by atoms with Gasteiger partial charge in [0.1, 0.15) is 0 Å². The molecule has 0 amide bonds. The molecule has 0 atom stereocenters. The van der Waals surface area contributed by atoms with Gasteiger partial charge >= 0.3 is 0 Å². The van der Waals surface area contributed by atoms with Crippen molar-refractivity contribution in [3.8, 4) is 0 Å². The van der Waals surface area contributed by atoms with Crippen molar-refractivity contribution < 1.29 is 5.11 Å². The highest BCUT2D eigenvalue weighted by Crippen LogP contribution is 2.03. The Hall–Kier alpha value is -0.930. The summed E-state index contributed by atoms with van der Waals surface area (Å²) in [6.45, 7) is 4.02. The first-order chi connectivity index (χ1) is 6.34. The molecule has 0 spiro atoms. The summed E-state index contributed by atoms with van der Waals surface area (Å²) in [5.74, 6) is 0. The van der Waals surface area contributed by atoms with Gasteiger partial charge in [-0.05, 0) is 37.1 Å². The van der Waals surface area contributed by atoms with E-state index >= 15 is 0 Å². The first-order valence-electron chi connectivity index (χ1n) is 4.55. The van der Waals surface area contributed by atoms with E-state index in [2.05, 4.69) is 17.2 Å². The number of pyridine rings is 1. The van der Waals surface area contributed by atoms with Crippen molar-refractivity contribution in [3.05, 3.63) is 29.6 Å². The second kappa shape index (κ2) is 5.67. The van der Waals surface area contributed by atoms with Crippen LogP contribution in [0, 0.1) is 6.92 Å². The summed E-state index contributed by atoms with van der Waals surface area (Å²) in [6.07, 6.45) is 4.48. The largest absolute Gasteiger partial charge is 0.396 e. The molecule has 1 aromatic heterocycles. The molecule has 0 bridgehead atoms. The van der Waals surface area contributed by atoms with Crippen molar-refractivity contribution in [1.29, 1.82) is 0 Å². The number of hydrogen-bond donors (Lipinski definition) is 2. The first-order valence-corrected chi connectivity index (χ1v) is 4.55. The Morgan fingerprint density at radius 2 is 2.38 bits per heavy atom. The molecule has 2 N–H and O–H groups in total. The SMILES string of the molecule is Cc1cnccc1CNCCCO. The number of aryl methyl sites for hydroxylation is 1. The molecule has 0 fully saturated rings.